The van der Waals surface area contributed by atoms with Crippen LogP contribution in [-0.2, 0) is 9.59 Å². The lowest BCUT2D eigenvalue weighted by molar-refractivity contribution is -0.128. The van der Waals surface area contributed by atoms with E-state index in [-0.39, 0.29) is 42.1 Å². The standard InChI is InChI=1S/C20H27FN2O2/c1-14(2)22-20(25)16-6-4-7-18(13-16)23-19(24)8-3-5-15-9-11-17(21)12-10-15/h3,5,9-12,14,16,18H,4,6-8,13H2,1-2H3,(H,22,25)(H,23,24)/b5-3+. The minimum absolute atomic E-state index is 0.0174. The maximum absolute atomic E-state index is 12.8. The van der Waals surface area contributed by atoms with Crippen LogP contribution in [0.1, 0.15) is 51.5 Å². The molecular formula is C20H27FN2O2. The molecule has 0 spiro atoms. The minimum atomic E-state index is -0.275. The summed E-state index contributed by atoms with van der Waals surface area (Å²) in [6, 6.07) is 6.32. The number of amides is 2. The first kappa shape index (κ1) is 19.2. The summed E-state index contributed by atoms with van der Waals surface area (Å²) in [6.07, 6.45) is 7.30. The van der Waals surface area contributed by atoms with Crippen molar-refractivity contribution >= 4 is 17.9 Å². The van der Waals surface area contributed by atoms with Crippen molar-refractivity contribution in [2.75, 3.05) is 0 Å². The molecule has 0 aliphatic heterocycles. The zero-order chi connectivity index (χ0) is 18.2. The second-order valence-corrected chi connectivity index (χ2v) is 6.95. The van der Waals surface area contributed by atoms with Crippen molar-refractivity contribution in [2.24, 2.45) is 5.92 Å². The Morgan fingerprint density at radius 3 is 2.64 bits per heavy atom. The molecule has 25 heavy (non-hydrogen) atoms. The van der Waals surface area contributed by atoms with E-state index in [1.54, 1.807) is 24.3 Å². The highest BCUT2D eigenvalue weighted by molar-refractivity contribution is 5.80. The fourth-order valence-corrected chi connectivity index (χ4v) is 3.12. The molecule has 0 bridgehead atoms. The van der Waals surface area contributed by atoms with Crippen molar-refractivity contribution in [3.05, 3.63) is 41.7 Å². The van der Waals surface area contributed by atoms with E-state index in [1.807, 2.05) is 13.8 Å². The van der Waals surface area contributed by atoms with E-state index in [0.717, 1.165) is 24.8 Å². The van der Waals surface area contributed by atoms with E-state index in [0.29, 0.717) is 6.42 Å². The van der Waals surface area contributed by atoms with Crippen LogP contribution in [0.25, 0.3) is 6.08 Å². The lowest BCUT2D eigenvalue weighted by Gasteiger charge is -2.29. The highest BCUT2D eigenvalue weighted by Crippen LogP contribution is 2.24. The third kappa shape index (κ3) is 6.69. The second-order valence-electron chi connectivity index (χ2n) is 6.95. The Morgan fingerprint density at radius 2 is 1.96 bits per heavy atom. The first-order valence-corrected chi connectivity index (χ1v) is 8.96. The number of nitrogens with one attached hydrogen (secondary N) is 2. The summed E-state index contributed by atoms with van der Waals surface area (Å²) in [5, 5.41) is 5.98. The third-order valence-corrected chi connectivity index (χ3v) is 4.32. The average molecular weight is 346 g/mol. The number of rotatable bonds is 6. The summed E-state index contributed by atoms with van der Waals surface area (Å²) in [7, 11) is 0. The van der Waals surface area contributed by atoms with Gasteiger partial charge in [0, 0.05) is 24.4 Å². The second kappa shape index (κ2) is 9.35. The molecule has 1 fully saturated rings. The topological polar surface area (TPSA) is 58.2 Å². The van der Waals surface area contributed by atoms with Gasteiger partial charge in [0.2, 0.25) is 11.8 Å². The predicted molar refractivity (Wildman–Crippen MR) is 97.2 cm³/mol. The Hall–Kier alpha value is -2.17. The Balaban J connectivity index is 1.77. The van der Waals surface area contributed by atoms with Crippen LogP contribution in [-0.4, -0.2) is 23.9 Å². The fourth-order valence-electron chi connectivity index (χ4n) is 3.12. The van der Waals surface area contributed by atoms with Gasteiger partial charge in [-0.1, -0.05) is 30.7 Å². The quantitative estimate of drug-likeness (QED) is 0.829. The number of hydrogen-bond donors (Lipinski definition) is 2. The zero-order valence-electron chi connectivity index (χ0n) is 14.9. The van der Waals surface area contributed by atoms with Gasteiger partial charge in [-0.3, -0.25) is 9.59 Å². The van der Waals surface area contributed by atoms with Gasteiger partial charge >= 0.3 is 0 Å². The minimum Gasteiger partial charge on any atom is -0.354 e. The molecule has 0 radical (unpaired) electrons. The van der Waals surface area contributed by atoms with Crippen LogP contribution in [0.3, 0.4) is 0 Å². The molecule has 2 amide bonds. The van der Waals surface area contributed by atoms with Crippen LogP contribution in [0.4, 0.5) is 4.39 Å². The van der Waals surface area contributed by atoms with Crippen molar-refractivity contribution < 1.29 is 14.0 Å². The lowest BCUT2D eigenvalue weighted by atomic mass is 9.85. The molecular weight excluding hydrogens is 319 g/mol. The van der Waals surface area contributed by atoms with E-state index in [2.05, 4.69) is 10.6 Å². The molecule has 5 heteroatoms. The van der Waals surface area contributed by atoms with E-state index in [4.69, 9.17) is 0 Å². The molecule has 0 heterocycles. The number of carbonyl (C=O) groups excluding carboxylic acids is 2. The molecule has 4 nitrogen and oxygen atoms in total. The van der Waals surface area contributed by atoms with Crippen molar-refractivity contribution in [3.63, 3.8) is 0 Å². The van der Waals surface area contributed by atoms with Crippen LogP contribution in [0.15, 0.2) is 30.3 Å². The van der Waals surface area contributed by atoms with Crippen molar-refractivity contribution in [2.45, 2.75) is 58.0 Å². The molecule has 2 atom stereocenters. The molecule has 1 aliphatic rings. The summed E-state index contributed by atoms with van der Waals surface area (Å²) in [6.45, 7) is 3.90. The summed E-state index contributed by atoms with van der Waals surface area (Å²) >= 11 is 0. The molecule has 1 aromatic carbocycles. The average Bonchev–Trinajstić information content (AvgIpc) is 2.56. The SMILES string of the molecule is CC(C)NC(=O)C1CCCC(NC(=O)C/C=C/c2ccc(F)cc2)C1. The van der Waals surface area contributed by atoms with Gasteiger partial charge in [0.15, 0.2) is 0 Å². The van der Waals surface area contributed by atoms with Gasteiger partial charge in [-0.05, 0) is 50.8 Å². The van der Waals surface area contributed by atoms with Gasteiger partial charge in [0.25, 0.3) is 0 Å². The Kier molecular flexibility index (Phi) is 7.16. The molecule has 1 aromatic rings. The smallest absolute Gasteiger partial charge is 0.224 e. The van der Waals surface area contributed by atoms with Gasteiger partial charge < -0.3 is 10.6 Å². The van der Waals surface area contributed by atoms with Crippen LogP contribution in [0, 0.1) is 11.7 Å². The van der Waals surface area contributed by atoms with Crippen molar-refractivity contribution in [1.29, 1.82) is 0 Å². The van der Waals surface area contributed by atoms with Crippen LogP contribution < -0.4 is 10.6 Å². The fraction of sp³-hybridized carbons (Fsp3) is 0.500. The predicted octanol–water partition coefficient (Wildman–Crippen LogP) is 3.43. The molecule has 2 rings (SSSR count). The summed E-state index contributed by atoms with van der Waals surface area (Å²) in [5.74, 6) is -0.252. The highest BCUT2D eigenvalue weighted by atomic mass is 19.1. The Labute approximate surface area is 148 Å². The monoisotopic (exact) mass is 346 g/mol. The largest absolute Gasteiger partial charge is 0.354 e. The summed E-state index contributed by atoms with van der Waals surface area (Å²) in [5.41, 5.74) is 0.859. The molecule has 0 aromatic heterocycles. The van der Waals surface area contributed by atoms with Crippen molar-refractivity contribution in [3.8, 4) is 0 Å². The number of carbonyl (C=O) groups is 2. The van der Waals surface area contributed by atoms with E-state index >= 15 is 0 Å². The van der Waals surface area contributed by atoms with Gasteiger partial charge in [-0.15, -0.1) is 0 Å². The number of benzene rings is 1. The van der Waals surface area contributed by atoms with Crippen LogP contribution in [0.2, 0.25) is 0 Å². The van der Waals surface area contributed by atoms with E-state index in [1.165, 1.54) is 12.1 Å². The van der Waals surface area contributed by atoms with Gasteiger partial charge in [0.05, 0.1) is 0 Å². The lowest BCUT2D eigenvalue weighted by Crippen LogP contribution is -2.43. The maximum atomic E-state index is 12.8. The molecule has 2 N–H and O–H groups in total. The molecule has 2 unspecified atom stereocenters. The molecule has 0 saturated heterocycles. The highest BCUT2D eigenvalue weighted by Gasteiger charge is 2.28. The molecule has 136 valence electrons. The zero-order valence-corrected chi connectivity index (χ0v) is 14.9. The van der Waals surface area contributed by atoms with Crippen LogP contribution >= 0.6 is 0 Å². The first-order chi connectivity index (χ1) is 11.9. The summed E-state index contributed by atoms with van der Waals surface area (Å²) in [4.78, 5) is 24.2. The number of halogens is 1. The summed E-state index contributed by atoms with van der Waals surface area (Å²) < 4.78 is 12.8. The maximum Gasteiger partial charge on any atom is 0.224 e. The van der Waals surface area contributed by atoms with E-state index < -0.39 is 0 Å². The first-order valence-electron chi connectivity index (χ1n) is 8.96. The van der Waals surface area contributed by atoms with Gasteiger partial charge in [-0.25, -0.2) is 4.39 Å². The normalized spacial score (nSPS) is 20.6. The molecule has 1 saturated carbocycles. The Bertz CT molecular complexity index is 611. The van der Waals surface area contributed by atoms with Gasteiger partial charge in [0.1, 0.15) is 5.82 Å². The van der Waals surface area contributed by atoms with Crippen molar-refractivity contribution in [1.82, 2.24) is 10.6 Å². The van der Waals surface area contributed by atoms with Crippen LogP contribution in [0.5, 0.6) is 0 Å². The molecule has 1 aliphatic carbocycles. The Morgan fingerprint density at radius 1 is 1.24 bits per heavy atom. The third-order valence-electron chi connectivity index (χ3n) is 4.32. The van der Waals surface area contributed by atoms with Gasteiger partial charge in [-0.2, -0.15) is 0 Å². The number of hydrogen-bond acceptors (Lipinski definition) is 2. The van der Waals surface area contributed by atoms with E-state index in [9.17, 15) is 14.0 Å².